The molecule has 22 heavy (non-hydrogen) atoms. The van der Waals surface area contributed by atoms with Crippen LogP contribution in [0.25, 0.3) is 6.08 Å². The van der Waals surface area contributed by atoms with Crippen molar-refractivity contribution in [2.45, 2.75) is 13.3 Å². The highest BCUT2D eigenvalue weighted by molar-refractivity contribution is 6.32. The van der Waals surface area contributed by atoms with E-state index in [9.17, 15) is 9.90 Å². The maximum Gasteiger partial charge on any atom is 0.238 e. The molecule has 1 amide bonds. The molecule has 0 fully saturated rings. The molecule has 2 aromatic rings. The van der Waals surface area contributed by atoms with E-state index in [1.54, 1.807) is 19.1 Å². The average molecular weight is 314 g/mol. The van der Waals surface area contributed by atoms with E-state index in [4.69, 9.17) is 11.6 Å². The van der Waals surface area contributed by atoms with Gasteiger partial charge in [-0.3, -0.25) is 4.79 Å². The monoisotopic (exact) mass is 313 g/mol. The number of anilines is 1. The van der Waals surface area contributed by atoms with Gasteiger partial charge < -0.3 is 10.4 Å². The van der Waals surface area contributed by atoms with Gasteiger partial charge in [-0.25, -0.2) is 0 Å². The summed E-state index contributed by atoms with van der Waals surface area (Å²) in [5.41, 5.74) is 1.44. The predicted octanol–water partition coefficient (Wildman–Crippen LogP) is 4.44. The van der Waals surface area contributed by atoms with E-state index in [1.807, 2.05) is 42.5 Å². The third kappa shape index (κ3) is 2.48. The Morgan fingerprint density at radius 3 is 2.64 bits per heavy atom. The van der Waals surface area contributed by atoms with Gasteiger partial charge in [0.1, 0.15) is 11.2 Å². The number of amides is 1. The fourth-order valence-electron chi connectivity index (χ4n) is 2.65. The van der Waals surface area contributed by atoms with Crippen molar-refractivity contribution >= 4 is 29.3 Å². The second-order valence-electron chi connectivity index (χ2n) is 5.67. The summed E-state index contributed by atoms with van der Waals surface area (Å²) < 4.78 is 0. The zero-order valence-corrected chi connectivity index (χ0v) is 12.9. The van der Waals surface area contributed by atoms with Gasteiger partial charge >= 0.3 is 0 Å². The van der Waals surface area contributed by atoms with Gasteiger partial charge in [0.25, 0.3) is 0 Å². The minimum absolute atomic E-state index is 0.0292. The third-order valence-electron chi connectivity index (χ3n) is 4.07. The third-order valence-corrected chi connectivity index (χ3v) is 4.40. The van der Waals surface area contributed by atoms with Gasteiger partial charge in [-0.15, -0.1) is 0 Å². The molecule has 0 heterocycles. The number of hydrogen-bond donors (Lipinski definition) is 2. The van der Waals surface area contributed by atoms with Crippen LogP contribution in [-0.2, 0) is 11.2 Å². The van der Waals surface area contributed by atoms with Gasteiger partial charge in [0.15, 0.2) is 0 Å². The lowest BCUT2D eigenvalue weighted by Crippen LogP contribution is -2.39. The molecule has 0 aromatic heterocycles. The van der Waals surface area contributed by atoms with Crippen molar-refractivity contribution in [2.75, 3.05) is 5.32 Å². The Hall–Kier alpha value is -2.26. The minimum atomic E-state index is -1.01. The zero-order valence-electron chi connectivity index (χ0n) is 12.1. The second-order valence-corrected chi connectivity index (χ2v) is 6.08. The smallest absolute Gasteiger partial charge is 0.238 e. The van der Waals surface area contributed by atoms with E-state index < -0.39 is 5.41 Å². The molecular weight excluding hydrogens is 298 g/mol. The Labute approximate surface area is 134 Å². The molecule has 0 bridgehead atoms. The molecule has 2 aromatic carbocycles. The Bertz CT molecular complexity index is 755. The van der Waals surface area contributed by atoms with Gasteiger partial charge in [-0.1, -0.05) is 41.9 Å². The first-order valence-electron chi connectivity index (χ1n) is 7.06. The van der Waals surface area contributed by atoms with Crippen LogP contribution in [0.15, 0.2) is 54.3 Å². The van der Waals surface area contributed by atoms with E-state index >= 15 is 0 Å². The molecule has 2 N–H and O–H groups in total. The van der Waals surface area contributed by atoms with E-state index in [1.165, 1.54) is 0 Å². The number of carbonyl (C=O) groups excluding carboxylic acids is 1. The van der Waals surface area contributed by atoms with Crippen LogP contribution in [0.2, 0.25) is 5.02 Å². The summed E-state index contributed by atoms with van der Waals surface area (Å²) in [4.78, 5) is 12.6. The van der Waals surface area contributed by atoms with E-state index in [2.05, 4.69) is 5.32 Å². The maximum absolute atomic E-state index is 12.6. The lowest BCUT2D eigenvalue weighted by molar-refractivity contribution is -0.124. The molecule has 4 heteroatoms. The van der Waals surface area contributed by atoms with Crippen LogP contribution < -0.4 is 5.32 Å². The summed E-state index contributed by atoms with van der Waals surface area (Å²) in [6.07, 6.45) is 2.00. The molecule has 1 unspecified atom stereocenters. The average Bonchev–Trinajstić information content (AvgIpc) is 2.50. The van der Waals surface area contributed by atoms with Crippen molar-refractivity contribution in [3.05, 3.63) is 70.4 Å². The first-order chi connectivity index (χ1) is 10.5. The lowest BCUT2D eigenvalue weighted by Gasteiger charge is -2.32. The zero-order chi connectivity index (χ0) is 15.7. The number of halogens is 1. The quantitative estimate of drug-likeness (QED) is 0.861. The molecule has 0 saturated heterocycles. The summed E-state index contributed by atoms with van der Waals surface area (Å²) in [7, 11) is 0. The van der Waals surface area contributed by atoms with Crippen LogP contribution in [0.5, 0.6) is 0 Å². The first-order valence-corrected chi connectivity index (χ1v) is 7.43. The molecule has 1 aliphatic rings. The van der Waals surface area contributed by atoms with Crippen LogP contribution in [-0.4, -0.2) is 11.0 Å². The number of benzene rings is 2. The molecule has 112 valence electrons. The number of para-hydroxylation sites is 1. The highest BCUT2D eigenvalue weighted by Crippen LogP contribution is 2.40. The van der Waals surface area contributed by atoms with E-state index in [0.29, 0.717) is 17.1 Å². The van der Waals surface area contributed by atoms with Gasteiger partial charge in [0, 0.05) is 10.7 Å². The summed E-state index contributed by atoms with van der Waals surface area (Å²) in [5, 5.41) is 13.8. The summed E-state index contributed by atoms with van der Waals surface area (Å²) in [5.74, 6) is -0.209. The van der Waals surface area contributed by atoms with Crippen LogP contribution >= 0.6 is 11.6 Å². The minimum Gasteiger partial charge on any atom is -0.511 e. The van der Waals surface area contributed by atoms with E-state index in [0.717, 1.165) is 11.1 Å². The lowest BCUT2D eigenvalue weighted by atomic mass is 9.75. The molecular formula is C18H16ClNO2. The topological polar surface area (TPSA) is 49.3 Å². The Morgan fingerprint density at radius 2 is 1.91 bits per heavy atom. The normalized spacial score (nSPS) is 20.0. The van der Waals surface area contributed by atoms with Crippen molar-refractivity contribution in [3.63, 3.8) is 0 Å². The fraction of sp³-hybridized carbons (Fsp3) is 0.167. The molecule has 3 nitrogen and oxygen atoms in total. The standard InChI is InChI=1S/C18H16ClNO2/c1-18(17(22)20-13-7-3-2-4-8-13)11-12-6-5-9-15(19)14(12)10-16(18)21/h2-10,21H,11H2,1H3,(H,20,22). The number of carbonyl (C=O) groups is 1. The van der Waals surface area contributed by atoms with Crippen LogP contribution in [0.4, 0.5) is 5.69 Å². The predicted molar refractivity (Wildman–Crippen MR) is 88.9 cm³/mol. The van der Waals surface area contributed by atoms with Gasteiger partial charge in [-0.05, 0) is 48.7 Å². The molecule has 1 aliphatic carbocycles. The van der Waals surface area contributed by atoms with Crippen LogP contribution in [0, 0.1) is 5.41 Å². The second kappa shape index (κ2) is 5.50. The Balaban J connectivity index is 1.93. The number of fused-ring (bicyclic) bond motifs is 1. The van der Waals surface area contributed by atoms with Gasteiger partial charge in [-0.2, -0.15) is 0 Å². The largest absolute Gasteiger partial charge is 0.511 e. The Kier molecular flexibility index (Phi) is 3.67. The van der Waals surface area contributed by atoms with Crippen molar-refractivity contribution in [3.8, 4) is 0 Å². The molecule has 0 spiro atoms. The number of aliphatic hydroxyl groups is 1. The summed E-state index contributed by atoms with van der Waals surface area (Å²) >= 11 is 6.15. The van der Waals surface area contributed by atoms with Gasteiger partial charge in [0.2, 0.25) is 5.91 Å². The molecule has 0 radical (unpaired) electrons. The van der Waals surface area contributed by atoms with Crippen molar-refractivity contribution in [1.29, 1.82) is 0 Å². The highest BCUT2D eigenvalue weighted by atomic mass is 35.5. The number of rotatable bonds is 2. The molecule has 3 rings (SSSR count). The summed E-state index contributed by atoms with van der Waals surface area (Å²) in [6, 6.07) is 14.8. The SMILES string of the molecule is CC1(C(=O)Nc2ccccc2)Cc2cccc(Cl)c2C=C1O. The fourth-order valence-corrected chi connectivity index (χ4v) is 2.90. The summed E-state index contributed by atoms with van der Waals surface area (Å²) in [6.45, 7) is 1.74. The maximum atomic E-state index is 12.6. The molecule has 1 atom stereocenters. The highest BCUT2D eigenvalue weighted by Gasteiger charge is 2.41. The van der Waals surface area contributed by atoms with Crippen molar-refractivity contribution in [1.82, 2.24) is 0 Å². The van der Waals surface area contributed by atoms with E-state index in [-0.39, 0.29) is 11.7 Å². The van der Waals surface area contributed by atoms with Crippen molar-refractivity contribution < 1.29 is 9.90 Å². The Morgan fingerprint density at radius 1 is 1.18 bits per heavy atom. The number of hydrogen-bond acceptors (Lipinski definition) is 2. The van der Waals surface area contributed by atoms with Crippen molar-refractivity contribution in [2.24, 2.45) is 5.41 Å². The molecule has 0 saturated carbocycles. The van der Waals surface area contributed by atoms with Gasteiger partial charge in [0.05, 0.1) is 0 Å². The van der Waals surface area contributed by atoms with Crippen LogP contribution in [0.1, 0.15) is 18.1 Å². The molecule has 0 aliphatic heterocycles. The number of nitrogens with one attached hydrogen (secondary N) is 1. The number of aliphatic hydroxyl groups excluding tert-OH is 1. The first kappa shape index (κ1) is 14.7. The van der Waals surface area contributed by atoms with Crippen LogP contribution in [0.3, 0.4) is 0 Å².